The van der Waals surface area contributed by atoms with Crippen LogP contribution in [0.2, 0.25) is 0 Å². The number of carboxylic acid groups (broad SMARTS) is 1. The van der Waals surface area contributed by atoms with E-state index in [2.05, 4.69) is 4.98 Å². The lowest BCUT2D eigenvalue weighted by Crippen LogP contribution is -2.36. The third-order valence-electron chi connectivity index (χ3n) is 2.73. The highest BCUT2D eigenvalue weighted by Crippen LogP contribution is 2.21. The molecule has 8 nitrogen and oxygen atoms in total. The third-order valence-corrected chi connectivity index (χ3v) is 2.73. The van der Waals surface area contributed by atoms with Gasteiger partial charge in [0.1, 0.15) is 18.6 Å². The van der Waals surface area contributed by atoms with E-state index >= 15 is 0 Å². The van der Waals surface area contributed by atoms with Gasteiger partial charge in [-0.15, -0.1) is 0 Å². The fraction of sp³-hybridized carbons (Fsp3) is 0.500. The van der Waals surface area contributed by atoms with Crippen LogP contribution in [0.15, 0.2) is 12.3 Å². The Morgan fingerprint density at radius 2 is 2.10 bits per heavy atom. The van der Waals surface area contributed by atoms with Crippen molar-refractivity contribution in [3.63, 3.8) is 0 Å². The van der Waals surface area contributed by atoms with Crippen molar-refractivity contribution in [1.82, 2.24) is 9.88 Å². The predicted octanol–water partition coefficient (Wildman–Crippen LogP) is 0.751. The highest BCUT2D eigenvalue weighted by molar-refractivity contribution is 5.73. The number of hydrogen-bond donors (Lipinski definition) is 1. The molecule has 8 heteroatoms. The first kappa shape index (κ1) is 15.8. The highest BCUT2D eigenvalue weighted by atomic mass is 16.6. The van der Waals surface area contributed by atoms with E-state index < -0.39 is 10.9 Å². The first-order valence-electron chi connectivity index (χ1n) is 6.03. The van der Waals surface area contributed by atoms with Gasteiger partial charge in [0.05, 0.1) is 4.92 Å². The summed E-state index contributed by atoms with van der Waals surface area (Å²) in [7, 11) is 3.76. The summed E-state index contributed by atoms with van der Waals surface area (Å²) < 4.78 is 0. The summed E-state index contributed by atoms with van der Waals surface area (Å²) in [6.07, 6.45) is 1.16. The van der Waals surface area contributed by atoms with Gasteiger partial charge in [0.2, 0.25) is 0 Å². The fourth-order valence-electron chi connectivity index (χ4n) is 1.66. The van der Waals surface area contributed by atoms with E-state index in [4.69, 9.17) is 5.11 Å². The highest BCUT2D eigenvalue weighted by Gasteiger charge is 2.17. The number of nitrogens with zero attached hydrogens (tertiary/aromatic N) is 4. The summed E-state index contributed by atoms with van der Waals surface area (Å²) in [4.78, 5) is 28.6. The molecular weight excluding hydrogens is 264 g/mol. The summed E-state index contributed by atoms with van der Waals surface area (Å²) in [5, 5.41) is 19.7. The van der Waals surface area contributed by atoms with Crippen LogP contribution in [-0.2, 0) is 4.79 Å². The standard InChI is InChI=1S/C12H18N4O4/c1-9-6-11(13-7-10(9)16(19)20)15(8-12(17)18)5-4-14(2)3/h6-7H,4-5,8H2,1-3H3,(H,17,18). The van der Waals surface area contributed by atoms with Gasteiger partial charge in [-0.2, -0.15) is 0 Å². The molecule has 0 aliphatic carbocycles. The summed E-state index contributed by atoms with van der Waals surface area (Å²) >= 11 is 0. The van der Waals surface area contributed by atoms with E-state index in [0.717, 1.165) is 6.20 Å². The molecule has 1 aromatic heterocycles. The van der Waals surface area contributed by atoms with E-state index in [-0.39, 0.29) is 12.2 Å². The van der Waals surface area contributed by atoms with Crippen LogP contribution in [0.5, 0.6) is 0 Å². The predicted molar refractivity (Wildman–Crippen MR) is 74.0 cm³/mol. The Morgan fingerprint density at radius 3 is 2.55 bits per heavy atom. The molecule has 0 aromatic carbocycles. The molecule has 0 radical (unpaired) electrons. The molecule has 0 unspecified atom stereocenters. The Bertz CT molecular complexity index is 504. The Labute approximate surface area is 116 Å². The van der Waals surface area contributed by atoms with Gasteiger partial charge in [-0.3, -0.25) is 14.9 Å². The van der Waals surface area contributed by atoms with Gasteiger partial charge in [0, 0.05) is 18.7 Å². The van der Waals surface area contributed by atoms with E-state index in [1.807, 2.05) is 19.0 Å². The van der Waals surface area contributed by atoms with Crippen molar-refractivity contribution < 1.29 is 14.8 Å². The molecule has 20 heavy (non-hydrogen) atoms. The molecule has 0 bridgehead atoms. The van der Waals surface area contributed by atoms with Crippen molar-refractivity contribution in [3.8, 4) is 0 Å². The zero-order valence-electron chi connectivity index (χ0n) is 11.7. The van der Waals surface area contributed by atoms with Crippen LogP contribution in [0.4, 0.5) is 11.5 Å². The van der Waals surface area contributed by atoms with E-state index in [9.17, 15) is 14.9 Å². The van der Waals surface area contributed by atoms with Crippen molar-refractivity contribution in [1.29, 1.82) is 0 Å². The average molecular weight is 282 g/mol. The lowest BCUT2D eigenvalue weighted by atomic mass is 10.2. The minimum absolute atomic E-state index is 0.0726. The number of carboxylic acids is 1. The number of hydrogen-bond acceptors (Lipinski definition) is 6. The second kappa shape index (κ2) is 6.80. The quantitative estimate of drug-likeness (QED) is 0.581. The smallest absolute Gasteiger partial charge is 0.323 e. The van der Waals surface area contributed by atoms with Crippen LogP contribution in [0, 0.1) is 17.0 Å². The third kappa shape index (κ3) is 4.47. The lowest BCUT2D eigenvalue weighted by molar-refractivity contribution is -0.385. The Hall–Kier alpha value is -2.22. The summed E-state index contributed by atoms with van der Waals surface area (Å²) in [6.45, 7) is 2.54. The SMILES string of the molecule is Cc1cc(N(CCN(C)C)CC(=O)O)ncc1[N+](=O)[O-]. The molecular formula is C12H18N4O4. The molecule has 110 valence electrons. The van der Waals surface area contributed by atoms with Crippen molar-refractivity contribution in [2.24, 2.45) is 0 Å². The molecule has 1 rings (SSSR count). The normalized spacial score (nSPS) is 10.6. The van der Waals surface area contributed by atoms with Crippen LogP contribution in [0.25, 0.3) is 0 Å². The van der Waals surface area contributed by atoms with Crippen molar-refractivity contribution >= 4 is 17.5 Å². The number of anilines is 1. The lowest BCUT2D eigenvalue weighted by Gasteiger charge is -2.23. The molecule has 0 atom stereocenters. The number of aliphatic carboxylic acids is 1. The van der Waals surface area contributed by atoms with Gasteiger partial charge >= 0.3 is 5.97 Å². The van der Waals surface area contributed by atoms with E-state index in [0.29, 0.717) is 24.5 Å². The topological polar surface area (TPSA) is 99.8 Å². The molecule has 0 saturated carbocycles. The molecule has 1 heterocycles. The van der Waals surface area contributed by atoms with Gasteiger partial charge in [0.25, 0.3) is 5.69 Å². The molecule has 0 amide bonds. The van der Waals surface area contributed by atoms with Crippen molar-refractivity contribution in [2.75, 3.05) is 38.6 Å². The number of rotatable bonds is 7. The molecule has 0 aliphatic rings. The average Bonchev–Trinajstić information content (AvgIpc) is 2.33. The van der Waals surface area contributed by atoms with Crippen LogP contribution in [0.1, 0.15) is 5.56 Å². The minimum Gasteiger partial charge on any atom is -0.480 e. The second-order valence-electron chi connectivity index (χ2n) is 4.70. The first-order chi connectivity index (χ1) is 9.31. The maximum atomic E-state index is 10.9. The monoisotopic (exact) mass is 282 g/mol. The molecule has 1 N–H and O–H groups in total. The zero-order chi connectivity index (χ0) is 15.3. The van der Waals surface area contributed by atoms with Gasteiger partial charge in [0.15, 0.2) is 0 Å². The number of aromatic nitrogens is 1. The number of aryl methyl sites for hydroxylation is 1. The Balaban J connectivity index is 2.97. The molecule has 0 saturated heterocycles. The summed E-state index contributed by atoms with van der Waals surface area (Å²) in [5.41, 5.74) is 0.386. The van der Waals surface area contributed by atoms with Gasteiger partial charge in [-0.25, -0.2) is 4.98 Å². The maximum Gasteiger partial charge on any atom is 0.323 e. The van der Waals surface area contributed by atoms with Gasteiger partial charge in [-0.05, 0) is 27.1 Å². The largest absolute Gasteiger partial charge is 0.480 e. The minimum atomic E-state index is -0.971. The van der Waals surface area contributed by atoms with Crippen LogP contribution >= 0.6 is 0 Å². The number of carbonyl (C=O) groups is 1. The second-order valence-corrected chi connectivity index (χ2v) is 4.70. The van der Waals surface area contributed by atoms with Crippen molar-refractivity contribution in [3.05, 3.63) is 27.9 Å². The van der Waals surface area contributed by atoms with Crippen LogP contribution < -0.4 is 4.90 Å². The van der Waals surface area contributed by atoms with Crippen molar-refractivity contribution in [2.45, 2.75) is 6.92 Å². The van der Waals surface area contributed by atoms with Gasteiger partial charge in [-0.1, -0.05) is 0 Å². The molecule has 0 fully saturated rings. The molecule has 1 aromatic rings. The number of nitro groups is 1. The molecule has 0 spiro atoms. The first-order valence-corrected chi connectivity index (χ1v) is 6.03. The van der Waals surface area contributed by atoms with Crippen LogP contribution in [0.3, 0.4) is 0 Å². The number of pyridine rings is 1. The summed E-state index contributed by atoms with van der Waals surface area (Å²) in [6, 6.07) is 1.54. The number of likely N-dealkylation sites (N-methyl/N-ethyl adjacent to an activating group) is 1. The zero-order valence-corrected chi connectivity index (χ0v) is 11.7. The van der Waals surface area contributed by atoms with E-state index in [1.165, 1.54) is 6.07 Å². The maximum absolute atomic E-state index is 10.9. The Morgan fingerprint density at radius 1 is 1.45 bits per heavy atom. The van der Waals surface area contributed by atoms with Crippen LogP contribution in [-0.4, -0.2) is 59.6 Å². The fourth-order valence-corrected chi connectivity index (χ4v) is 1.66. The van der Waals surface area contributed by atoms with E-state index in [1.54, 1.807) is 11.8 Å². The molecule has 0 aliphatic heterocycles. The summed E-state index contributed by atoms with van der Waals surface area (Å²) in [5.74, 6) is -0.543. The Kier molecular flexibility index (Phi) is 5.39. The van der Waals surface area contributed by atoms with Gasteiger partial charge < -0.3 is 14.9 Å².